The normalized spacial score (nSPS) is 20.4. The van der Waals surface area contributed by atoms with E-state index in [9.17, 15) is 4.79 Å². The van der Waals surface area contributed by atoms with Crippen LogP contribution in [0.1, 0.15) is 36.3 Å². The summed E-state index contributed by atoms with van der Waals surface area (Å²) in [4.78, 5) is 19.3. The molecule has 1 unspecified atom stereocenters. The molecule has 0 bridgehead atoms. The number of hydrogen-bond donors (Lipinski definition) is 1. The number of thioether (sulfide) groups is 1. The van der Waals surface area contributed by atoms with Crippen LogP contribution in [0.2, 0.25) is 0 Å². The van der Waals surface area contributed by atoms with Crippen molar-refractivity contribution in [2.75, 3.05) is 30.7 Å². The van der Waals surface area contributed by atoms with Crippen LogP contribution in [0.3, 0.4) is 0 Å². The Bertz CT molecular complexity index is 835. The van der Waals surface area contributed by atoms with Crippen LogP contribution in [-0.4, -0.2) is 55.5 Å². The molecule has 1 saturated heterocycles. The molecule has 9 heteroatoms. The van der Waals surface area contributed by atoms with Crippen molar-refractivity contribution in [3.63, 3.8) is 0 Å². The van der Waals surface area contributed by atoms with Crippen LogP contribution in [0, 0.1) is 6.92 Å². The fourth-order valence-electron chi connectivity index (χ4n) is 3.80. The zero-order chi connectivity index (χ0) is 18.6. The summed E-state index contributed by atoms with van der Waals surface area (Å²) in [5, 5.41) is 8.98. The number of rotatable bonds is 6. The predicted octanol–water partition coefficient (Wildman–Crippen LogP) is 2.16. The Hall–Kier alpha value is -1.45. The Balaban J connectivity index is 1.37. The van der Waals surface area contributed by atoms with Gasteiger partial charge in [-0.25, -0.2) is 9.67 Å². The fraction of sp³-hybridized carbons (Fsp3) is 0.667. The summed E-state index contributed by atoms with van der Waals surface area (Å²) in [6.45, 7) is 5.39. The minimum absolute atomic E-state index is 0.0345. The Morgan fingerprint density at radius 2 is 2.26 bits per heavy atom. The molecule has 2 aliphatic heterocycles. The summed E-state index contributed by atoms with van der Waals surface area (Å²) in [6, 6.07) is 2.26. The van der Waals surface area contributed by atoms with Crippen LogP contribution in [0.25, 0.3) is 0 Å². The molecule has 0 radical (unpaired) electrons. The molecule has 7 nitrogen and oxygen atoms in total. The largest absolute Gasteiger partial charge is 0.359 e. The maximum absolute atomic E-state index is 12.4. The van der Waals surface area contributed by atoms with Gasteiger partial charge in [-0.1, -0.05) is 6.42 Å². The van der Waals surface area contributed by atoms with Gasteiger partial charge in [-0.2, -0.15) is 21.2 Å². The predicted molar refractivity (Wildman–Crippen MR) is 111 cm³/mol. The molecule has 0 amide bonds. The van der Waals surface area contributed by atoms with Crippen LogP contribution in [0.4, 0.5) is 5.13 Å². The van der Waals surface area contributed by atoms with Gasteiger partial charge in [0.25, 0.3) is 5.56 Å². The molecule has 0 spiro atoms. The summed E-state index contributed by atoms with van der Waals surface area (Å²) >= 11 is 3.30. The molecule has 146 valence electrons. The number of fused-ring (bicyclic) bond motifs is 1. The number of aryl methyl sites for hydroxylation is 2. The van der Waals surface area contributed by atoms with Gasteiger partial charge in [0.2, 0.25) is 5.13 Å². The first-order chi connectivity index (χ1) is 13.2. The van der Waals surface area contributed by atoms with Crippen molar-refractivity contribution >= 4 is 28.4 Å². The lowest BCUT2D eigenvalue weighted by Gasteiger charge is -2.35. The zero-order valence-electron chi connectivity index (χ0n) is 15.7. The van der Waals surface area contributed by atoms with E-state index >= 15 is 0 Å². The van der Waals surface area contributed by atoms with Crippen molar-refractivity contribution in [2.24, 2.45) is 0 Å². The van der Waals surface area contributed by atoms with Crippen LogP contribution in [-0.2, 0) is 18.7 Å². The second-order valence-electron chi connectivity index (χ2n) is 7.19. The van der Waals surface area contributed by atoms with Gasteiger partial charge in [-0.3, -0.25) is 9.69 Å². The van der Waals surface area contributed by atoms with Gasteiger partial charge in [0, 0.05) is 48.9 Å². The maximum atomic E-state index is 12.4. The van der Waals surface area contributed by atoms with E-state index in [2.05, 4.69) is 24.7 Å². The van der Waals surface area contributed by atoms with Gasteiger partial charge in [-0.15, -0.1) is 0 Å². The van der Waals surface area contributed by atoms with E-state index in [-0.39, 0.29) is 5.56 Å². The molecule has 27 heavy (non-hydrogen) atoms. The van der Waals surface area contributed by atoms with Crippen molar-refractivity contribution in [2.45, 2.75) is 50.9 Å². The molecular weight excluding hydrogens is 380 g/mol. The van der Waals surface area contributed by atoms with Crippen LogP contribution >= 0.6 is 23.3 Å². The van der Waals surface area contributed by atoms with Crippen molar-refractivity contribution < 1.29 is 0 Å². The monoisotopic (exact) mass is 406 g/mol. The zero-order valence-corrected chi connectivity index (χ0v) is 17.3. The van der Waals surface area contributed by atoms with Crippen molar-refractivity contribution in [3.8, 4) is 0 Å². The topological polar surface area (TPSA) is 75.9 Å². The first kappa shape index (κ1) is 18.9. The molecule has 0 aromatic carbocycles. The number of hydrogen-bond acceptors (Lipinski definition) is 8. The lowest BCUT2D eigenvalue weighted by Crippen LogP contribution is -2.45. The highest BCUT2D eigenvalue weighted by Gasteiger charge is 2.23. The Morgan fingerprint density at radius 1 is 1.33 bits per heavy atom. The Morgan fingerprint density at radius 3 is 3.11 bits per heavy atom. The number of nitrogens with one attached hydrogen (secondary N) is 1. The second kappa shape index (κ2) is 8.70. The average Bonchev–Trinajstić information content (AvgIpc) is 3.10. The average molecular weight is 407 g/mol. The van der Waals surface area contributed by atoms with E-state index in [0.717, 1.165) is 59.8 Å². The second-order valence-corrected chi connectivity index (χ2v) is 9.05. The first-order valence-electron chi connectivity index (χ1n) is 9.65. The molecule has 4 heterocycles. The van der Waals surface area contributed by atoms with E-state index in [1.165, 1.54) is 30.8 Å². The van der Waals surface area contributed by atoms with Gasteiger partial charge in [0.1, 0.15) is 5.82 Å². The van der Waals surface area contributed by atoms with Crippen molar-refractivity contribution in [3.05, 3.63) is 33.5 Å². The molecule has 1 fully saturated rings. The van der Waals surface area contributed by atoms with Gasteiger partial charge in [-0.05, 0) is 37.6 Å². The number of aromatic nitrogens is 4. The highest BCUT2D eigenvalue weighted by molar-refractivity contribution is 7.98. The molecule has 2 aromatic heterocycles. The first-order valence-corrected chi connectivity index (χ1v) is 11.6. The summed E-state index contributed by atoms with van der Waals surface area (Å²) in [5.74, 6) is 2.84. The SMILES string of the molecule is Cc1nsc(NCC2CCCCN2CCn2nc3c(cc2=O)CSCC3)n1. The molecule has 1 atom stereocenters. The summed E-state index contributed by atoms with van der Waals surface area (Å²) < 4.78 is 5.90. The van der Waals surface area contributed by atoms with Crippen LogP contribution in [0.15, 0.2) is 10.9 Å². The summed E-state index contributed by atoms with van der Waals surface area (Å²) in [6.07, 6.45) is 4.62. The number of anilines is 1. The van der Waals surface area contributed by atoms with Crippen molar-refractivity contribution in [1.82, 2.24) is 24.0 Å². The van der Waals surface area contributed by atoms with Crippen LogP contribution in [0.5, 0.6) is 0 Å². The Kier molecular flexibility index (Phi) is 6.09. The highest BCUT2D eigenvalue weighted by atomic mass is 32.2. The molecule has 2 aliphatic rings. The third-order valence-electron chi connectivity index (χ3n) is 5.27. The van der Waals surface area contributed by atoms with Gasteiger partial charge in [0.15, 0.2) is 0 Å². The van der Waals surface area contributed by atoms with E-state index in [1.54, 1.807) is 10.7 Å². The molecule has 4 rings (SSSR count). The smallest absolute Gasteiger partial charge is 0.267 e. The number of likely N-dealkylation sites (tertiary alicyclic amines) is 1. The number of nitrogens with zero attached hydrogens (tertiary/aromatic N) is 5. The lowest BCUT2D eigenvalue weighted by atomic mass is 10.0. The molecular formula is C18H26N6OS2. The number of piperidine rings is 1. The van der Waals surface area contributed by atoms with Crippen molar-refractivity contribution in [1.29, 1.82) is 0 Å². The quantitative estimate of drug-likeness (QED) is 0.788. The minimum Gasteiger partial charge on any atom is -0.359 e. The maximum Gasteiger partial charge on any atom is 0.267 e. The molecule has 2 aromatic rings. The van der Waals surface area contributed by atoms with Gasteiger partial charge < -0.3 is 5.32 Å². The van der Waals surface area contributed by atoms with E-state index in [0.29, 0.717) is 12.6 Å². The third-order valence-corrected chi connectivity index (χ3v) is 7.04. The van der Waals surface area contributed by atoms with E-state index < -0.39 is 0 Å². The Labute approximate surface area is 167 Å². The summed E-state index contributed by atoms with van der Waals surface area (Å²) in [7, 11) is 0. The van der Waals surface area contributed by atoms with E-state index in [4.69, 9.17) is 0 Å². The highest BCUT2D eigenvalue weighted by Crippen LogP contribution is 2.21. The fourth-order valence-corrected chi connectivity index (χ4v) is 5.33. The molecule has 1 N–H and O–H groups in total. The standard InChI is InChI=1S/C18H26N6OS2/c1-13-20-18(27-22-13)19-11-15-4-2-3-6-23(15)7-8-24-17(25)10-14-12-26-9-5-16(14)21-24/h10,15H,2-9,11-12H2,1H3,(H,19,20,22). The van der Waals surface area contributed by atoms with Gasteiger partial charge >= 0.3 is 0 Å². The lowest BCUT2D eigenvalue weighted by molar-refractivity contribution is 0.148. The molecule has 0 aliphatic carbocycles. The van der Waals surface area contributed by atoms with E-state index in [1.807, 2.05) is 18.7 Å². The molecule has 0 saturated carbocycles. The third kappa shape index (κ3) is 4.70. The van der Waals surface area contributed by atoms with Crippen LogP contribution < -0.4 is 10.9 Å². The van der Waals surface area contributed by atoms with Gasteiger partial charge in [0.05, 0.1) is 12.2 Å². The minimum atomic E-state index is 0.0345. The summed E-state index contributed by atoms with van der Waals surface area (Å²) in [5.41, 5.74) is 2.27.